The van der Waals surface area contributed by atoms with E-state index in [1.807, 2.05) is 43.8 Å². The number of H-pyrrole nitrogens is 1. The minimum absolute atomic E-state index is 0.0438. The number of likely N-dealkylation sites (N-methyl/N-ethyl adjacent to an activating group) is 1. The molecule has 42 heavy (non-hydrogen) atoms. The normalized spacial score (nSPS) is 14.8. The molecule has 5 rings (SSSR count). The number of aromatic nitrogens is 4. The zero-order valence-electron chi connectivity index (χ0n) is 23.8. The number of carbonyl (C=O) groups excluding carboxylic acids is 1. The molecule has 1 aliphatic heterocycles. The maximum Gasteiger partial charge on any atom is 0.234 e. The zero-order chi connectivity index (χ0) is 30.2. The number of hydrogen-bond donors (Lipinski definition) is 2. The van der Waals surface area contributed by atoms with Crippen LogP contribution in [-0.4, -0.2) is 77.4 Å². The summed E-state index contributed by atoms with van der Waals surface area (Å²) in [5.41, 5.74) is 2.61. The fraction of sp³-hybridized carbons (Fsp3) is 0.345. The maximum atomic E-state index is 12.3. The van der Waals surface area contributed by atoms with E-state index in [0.29, 0.717) is 69.4 Å². The van der Waals surface area contributed by atoms with Gasteiger partial charge in [0.05, 0.1) is 40.3 Å². The number of methoxy groups -OCH3 is 1. The van der Waals surface area contributed by atoms with Gasteiger partial charge in [-0.25, -0.2) is 4.98 Å². The van der Waals surface area contributed by atoms with Crippen LogP contribution in [0.1, 0.15) is 31.1 Å². The molecule has 4 heterocycles. The van der Waals surface area contributed by atoms with Crippen molar-refractivity contribution in [3.8, 4) is 28.8 Å². The third kappa shape index (κ3) is 5.79. The van der Waals surface area contributed by atoms with Crippen molar-refractivity contribution >= 4 is 45.8 Å². The summed E-state index contributed by atoms with van der Waals surface area (Å²) >= 11 is 12.7. The average Bonchev–Trinajstić information content (AvgIpc) is 3.33. The first-order chi connectivity index (χ1) is 20.0. The van der Waals surface area contributed by atoms with E-state index in [2.05, 4.69) is 31.6 Å². The number of pyridine rings is 2. The molecule has 0 unspecified atom stereocenters. The number of nitriles is 1. The molecule has 4 aromatic rings. The van der Waals surface area contributed by atoms with Gasteiger partial charge in [0.2, 0.25) is 5.91 Å². The van der Waals surface area contributed by atoms with Crippen LogP contribution in [0.5, 0.6) is 11.5 Å². The first-order valence-electron chi connectivity index (χ1n) is 13.1. The Morgan fingerprint density at radius 3 is 2.57 bits per heavy atom. The number of ether oxygens (including phenoxy) is 2. The average molecular weight is 610 g/mol. The largest absolute Gasteiger partial charge is 0.493 e. The number of aromatic amines is 1. The number of anilines is 1. The molecular weight excluding hydrogens is 579 g/mol. The molecule has 1 fully saturated rings. The van der Waals surface area contributed by atoms with Gasteiger partial charge in [0.1, 0.15) is 23.7 Å². The Morgan fingerprint density at radius 2 is 1.93 bits per heavy atom. The maximum absolute atomic E-state index is 12.3. The lowest BCUT2D eigenvalue weighted by Gasteiger charge is -2.49. The van der Waals surface area contributed by atoms with Crippen molar-refractivity contribution in [2.75, 3.05) is 45.7 Å². The highest BCUT2D eigenvalue weighted by atomic mass is 35.5. The van der Waals surface area contributed by atoms with Gasteiger partial charge in [0, 0.05) is 54.3 Å². The van der Waals surface area contributed by atoms with Crippen LogP contribution >= 0.6 is 23.2 Å². The summed E-state index contributed by atoms with van der Waals surface area (Å²) in [6, 6.07) is 7.65. The molecule has 13 heteroatoms. The molecule has 1 atom stereocenters. The number of nitrogens with zero attached hydrogens (tertiary/aromatic N) is 6. The third-order valence-corrected chi connectivity index (χ3v) is 7.59. The monoisotopic (exact) mass is 608 g/mol. The number of fused-ring (bicyclic) bond motifs is 1. The topological polar surface area (TPSA) is 132 Å². The van der Waals surface area contributed by atoms with Crippen LogP contribution < -0.4 is 19.7 Å². The molecule has 0 radical (unpaired) electrons. The molecule has 1 aromatic carbocycles. The van der Waals surface area contributed by atoms with Crippen LogP contribution in [0.3, 0.4) is 0 Å². The van der Waals surface area contributed by atoms with E-state index in [-0.39, 0.29) is 5.91 Å². The van der Waals surface area contributed by atoms with E-state index in [1.54, 1.807) is 25.4 Å². The van der Waals surface area contributed by atoms with Gasteiger partial charge in [-0.3, -0.25) is 14.9 Å². The minimum Gasteiger partial charge on any atom is -0.493 e. The first-order valence-corrected chi connectivity index (χ1v) is 13.9. The molecule has 1 saturated heterocycles. The Balaban J connectivity index is 1.41. The Bertz CT molecular complexity index is 1670. The van der Waals surface area contributed by atoms with Gasteiger partial charge < -0.3 is 24.6 Å². The number of amides is 1. The molecule has 0 saturated carbocycles. The summed E-state index contributed by atoms with van der Waals surface area (Å²) in [7, 11) is 5.25. The lowest BCUT2D eigenvalue weighted by molar-refractivity contribution is -0.123. The second-order valence-electron chi connectivity index (χ2n) is 10.8. The van der Waals surface area contributed by atoms with E-state index in [1.165, 1.54) is 12.4 Å². The van der Waals surface area contributed by atoms with Gasteiger partial charge in [-0.05, 0) is 40.1 Å². The summed E-state index contributed by atoms with van der Waals surface area (Å²) in [5, 5.41) is 22.1. The predicted octanol–water partition coefficient (Wildman–Crippen LogP) is 4.60. The summed E-state index contributed by atoms with van der Waals surface area (Å²) in [6.45, 7) is 5.22. The predicted molar refractivity (Wildman–Crippen MR) is 161 cm³/mol. The van der Waals surface area contributed by atoms with E-state index in [0.717, 1.165) is 10.9 Å². The van der Waals surface area contributed by atoms with Crippen molar-refractivity contribution in [2.45, 2.75) is 25.5 Å². The van der Waals surface area contributed by atoms with Crippen molar-refractivity contribution in [3.05, 3.63) is 58.0 Å². The number of benzene rings is 1. The van der Waals surface area contributed by atoms with Gasteiger partial charge >= 0.3 is 0 Å². The summed E-state index contributed by atoms with van der Waals surface area (Å²) < 4.78 is 11.8. The van der Waals surface area contributed by atoms with Crippen molar-refractivity contribution < 1.29 is 14.3 Å². The van der Waals surface area contributed by atoms with E-state index in [4.69, 9.17) is 32.7 Å². The van der Waals surface area contributed by atoms with Gasteiger partial charge in [0.15, 0.2) is 11.5 Å². The quantitative estimate of drug-likeness (QED) is 0.279. The van der Waals surface area contributed by atoms with Crippen molar-refractivity contribution in [1.29, 1.82) is 5.26 Å². The van der Waals surface area contributed by atoms with Crippen LogP contribution in [0.25, 0.3) is 22.2 Å². The molecule has 11 nitrogen and oxygen atoms in total. The smallest absolute Gasteiger partial charge is 0.234 e. The molecular formula is C29H30Cl2N8O3. The Kier molecular flexibility index (Phi) is 8.14. The van der Waals surface area contributed by atoms with Crippen LogP contribution in [0.2, 0.25) is 10.0 Å². The highest BCUT2D eigenvalue weighted by Crippen LogP contribution is 2.40. The fourth-order valence-electron chi connectivity index (χ4n) is 5.17. The van der Waals surface area contributed by atoms with E-state index < -0.39 is 11.6 Å². The second-order valence-corrected chi connectivity index (χ2v) is 11.6. The highest BCUT2D eigenvalue weighted by Gasteiger charge is 2.41. The molecule has 0 aliphatic carbocycles. The van der Waals surface area contributed by atoms with Crippen molar-refractivity contribution in [2.24, 2.45) is 0 Å². The second kappa shape index (κ2) is 11.6. The minimum atomic E-state index is -0.504. The van der Waals surface area contributed by atoms with Crippen LogP contribution in [0, 0.1) is 11.3 Å². The molecule has 218 valence electrons. The Morgan fingerprint density at radius 1 is 1.21 bits per heavy atom. The Hall–Kier alpha value is -4.11. The standard InChI is InChI=1S/C29H30Cl2N8O3/c1-16(26-20(30)11-33-12-21(26)31)42-24-7-19-22(8-23(24)41-5)36-37-27(19)18-6-17(9-32)28(34-10-18)39-14-29(2,15-39)35-25(40)13-38(3)4/h6-8,10-12,16H,13-15H2,1-5H3,(H,35,40)(H,36,37)/t16-/m1/s1. The highest BCUT2D eigenvalue weighted by molar-refractivity contribution is 6.35. The fourth-order valence-corrected chi connectivity index (χ4v) is 5.84. The van der Waals surface area contributed by atoms with Gasteiger partial charge in [0.25, 0.3) is 0 Å². The van der Waals surface area contributed by atoms with Crippen LogP contribution in [0.15, 0.2) is 36.8 Å². The summed E-state index contributed by atoms with van der Waals surface area (Å²) in [6.07, 6.45) is 4.22. The number of halogens is 2. The number of hydrogen-bond acceptors (Lipinski definition) is 9. The van der Waals surface area contributed by atoms with Crippen LogP contribution in [0.4, 0.5) is 5.82 Å². The zero-order valence-corrected chi connectivity index (χ0v) is 25.3. The third-order valence-electron chi connectivity index (χ3n) is 6.99. The molecule has 2 N–H and O–H groups in total. The number of nitrogens with one attached hydrogen (secondary N) is 2. The number of carbonyl (C=O) groups is 1. The van der Waals surface area contributed by atoms with E-state index in [9.17, 15) is 10.1 Å². The van der Waals surface area contributed by atoms with Gasteiger partial charge in [-0.15, -0.1) is 0 Å². The summed E-state index contributed by atoms with van der Waals surface area (Å²) in [5.74, 6) is 1.48. The number of rotatable bonds is 9. The molecule has 1 aliphatic rings. The summed E-state index contributed by atoms with van der Waals surface area (Å²) in [4.78, 5) is 24.7. The Labute approximate surface area is 253 Å². The van der Waals surface area contributed by atoms with Crippen molar-refractivity contribution in [1.82, 2.24) is 30.4 Å². The SMILES string of the molecule is COc1cc2[nH]nc(-c3cnc(N4CC(C)(NC(=O)CN(C)C)C4)c(C#N)c3)c2cc1O[C@H](C)c1c(Cl)cncc1Cl. The lowest BCUT2D eigenvalue weighted by atomic mass is 9.91. The lowest BCUT2D eigenvalue weighted by Crippen LogP contribution is -2.69. The van der Waals surface area contributed by atoms with E-state index >= 15 is 0 Å². The van der Waals surface area contributed by atoms with Crippen molar-refractivity contribution in [3.63, 3.8) is 0 Å². The first kappa shape index (κ1) is 29.4. The molecule has 1 amide bonds. The molecule has 0 spiro atoms. The molecule has 0 bridgehead atoms. The molecule has 3 aromatic heterocycles. The van der Waals surface area contributed by atoms with Crippen LogP contribution in [-0.2, 0) is 4.79 Å². The van der Waals surface area contributed by atoms with Gasteiger partial charge in [-0.2, -0.15) is 10.4 Å². The van der Waals surface area contributed by atoms with Gasteiger partial charge in [-0.1, -0.05) is 23.2 Å².